The molecule has 3 aliphatic rings. The molecule has 1 atom stereocenters. The lowest BCUT2D eigenvalue weighted by Gasteiger charge is -2.47. The Kier molecular flexibility index (Phi) is 4.10. The zero-order valence-corrected chi connectivity index (χ0v) is 16.0. The van der Waals surface area contributed by atoms with Crippen LogP contribution in [0.3, 0.4) is 0 Å². The summed E-state index contributed by atoms with van der Waals surface area (Å²) in [4.78, 5) is 9.77. The van der Waals surface area contributed by atoms with E-state index in [0.717, 1.165) is 53.5 Å². The summed E-state index contributed by atoms with van der Waals surface area (Å²) in [6, 6.07) is 14.4. The molecule has 26 heavy (non-hydrogen) atoms. The summed E-state index contributed by atoms with van der Waals surface area (Å²) >= 11 is 13.0. The van der Waals surface area contributed by atoms with Crippen molar-refractivity contribution in [3.05, 3.63) is 63.6 Å². The van der Waals surface area contributed by atoms with Crippen molar-refractivity contribution in [3.63, 3.8) is 0 Å². The van der Waals surface area contributed by atoms with Gasteiger partial charge in [0.1, 0.15) is 0 Å². The first-order valence-corrected chi connectivity index (χ1v) is 10.1. The molecule has 0 spiro atoms. The molecule has 0 radical (unpaired) electrons. The van der Waals surface area contributed by atoms with Crippen LogP contribution in [0.2, 0.25) is 10.0 Å². The molecular weight excluding hydrogens is 365 g/mol. The minimum absolute atomic E-state index is 0.0619. The highest BCUT2D eigenvalue weighted by Crippen LogP contribution is 2.45. The Morgan fingerprint density at radius 3 is 2.69 bits per heavy atom. The fourth-order valence-corrected chi connectivity index (χ4v) is 4.55. The average molecular weight is 386 g/mol. The van der Waals surface area contributed by atoms with Gasteiger partial charge in [-0.25, -0.2) is 0 Å². The number of rotatable bonds is 3. The Labute approximate surface area is 164 Å². The maximum Gasteiger partial charge on any atom is 0.201 e. The molecule has 134 valence electrons. The predicted octanol–water partition coefficient (Wildman–Crippen LogP) is 5.37. The van der Waals surface area contributed by atoms with Crippen LogP contribution < -0.4 is 4.90 Å². The van der Waals surface area contributed by atoms with Crippen molar-refractivity contribution in [1.82, 2.24) is 4.90 Å². The Morgan fingerprint density at radius 1 is 1.04 bits per heavy atom. The SMILES string of the molecule is Clc1ccc2c(c1)C(c1ccccc1Cl)N1CCCN=C1N2CC1CC1. The van der Waals surface area contributed by atoms with Crippen molar-refractivity contribution in [3.8, 4) is 0 Å². The van der Waals surface area contributed by atoms with Gasteiger partial charge in [-0.1, -0.05) is 41.4 Å². The van der Waals surface area contributed by atoms with Gasteiger partial charge in [0, 0.05) is 40.9 Å². The Balaban J connectivity index is 1.71. The molecular formula is C21H21Cl2N3. The van der Waals surface area contributed by atoms with E-state index >= 15 is 0 Å². The van der Waals surface area contributed by atoms with Gasteiger partial charge in [0.25, 0.3) is 0 Å². The lowest BCUT2D eigenvalue weighted by molar-refractivity contribution is 0.322. The Bertz CT molecular complexity index is 875. The lowest BCUT2D eigenvalue weighted by Crippen LogP contribution is -2.53. The third-order valence-corrected chi connectivity index (χ3v) is 6.11. The van der Waals surface area contributed by atoms with Crippen molar-refractivity contribution in [2.45, 2.75) is 25.3 Å². The normalized spacial score (nSPS) is 21.9. The van der Waals surface area contributed by atoms with Crippen LogP contribution in [-0.4, -0.2) is 30.5 Å². The number of benzene rings is 2. The molecule has 0 aromatic heterocycles. The molecule has 0 amide bonds. The molecule has 2 aromatic rings. The minimum Gasteiger partial charge on any atom is -0.331 e. The summed E-state index contributed by atoms with van der Waals surface area (Å²) < 4.78 is 0. The van der Waals surface area contributed by atoms with Crippen molar-refractivity contribution >= 4 is 34.8 Å². The fraction of sp³-hybridized carbons (Fsp3) is 0.381. The van der Waals surface area contributed by atoms with Crippen molar-refractivity contribution in [2.75, 3.05) is 24.5 Å². The number of halogens is 2. The molecule has 0 N–H and O–H groups in total. The molecule has 3 nitrogen and oxygen atoms in total. The van der Waals surface area contributed by atoms with Crippen molar-refractivity contribution in [1.29, 1.82) is 0 Å². The fourth-order valence-electron chi connectivity index (χ4n) is 4.13. The molecule has 5 rings (SSSR count). The van der Waals surface area contributed by atoms with Crippen LogP contribution in [0.1, 0.15) is 36.4 Å². The minimum atomic E-state index is 0.0619. The Morgan fingerprint density at radius 2 is 1.88 bits per heavy atom. The molecule has 1 aliphatic carbocycles. The second kappa shape index (κ2) is 6.47. The number of hydrogen-bond donors (Lipinski definition) is 0. The van der Waals surface area contributed by atoms with E-state index in [1.807, 2.05) is 18.2 Å². The van der Waals surface area contributed by atoms with E-state index < -0.39 is 0 Å². The highest BCUT2D eigenvalue weighted by molar-refractivity contribution is 6.31. The van der Waals surface area contributed by atoms with Crippen LogP contribution in [0.15, 0.2) is 47.5 Å². The molecule has 5 heteroatoms. The predicted molar refractivity (Wildman–Crippen MR) is 108 cm³/mol. The summed E-state index contributed by atoms with van der Waals surface area (Å²) in [5.41, 5.74) is 3.58. The molecule has 1 unspecified atom stereocenters. The van der Waals surface area contributed by atoms with Gasteiger partial charge in [-0.05, 0) is 55.0 Å². The van der Waals surface area contributed by atoms with E-state index in [9.17, 15) is 0 Å². The van der Waals surface area contributed by atoms with Gasteiger partial charge in [0.2, 0.25) is 5.96 Å². The lowest BCUT2D eigenvalue weighted by atomic mass is 9.92. The smallest absolute Gasteiger partial charge is 0.201 e. The van der Waals surface area contributed by atoms with Crippen LogP contribution in [-0.2, 0) is 0 Å². The second-order valence-electron chi connectivity index (χ2n) is 7.41. The van der Waals surface area contributed by atoms with Gasteiger partial charge < -0.3 is 9.80 Å². The molecule has 2 aromatic carbocycles. The van der Waals surface area contributed by atoms with Gasteiger partial charge in [0.15, 0.2) is 0 Å². The number of fused-ring (bicyclic) bond motifs is 2. The van der Waals surface area contributed by atoms with Crippen LogP contribution in [0.25, 0.3) is 0 Å². The summed E-state index contributed by atoms with van der Waals surface area (Å²) in [6.07, 6.45) is 3.71. The topological polar surface area (TPSA) is 18.8 Å². The first-order chi connectivity index (χ1) is 12.7. The first-order valence-electron chi connectivity index (χ1n) is 9.35. The van der Waals surface area contributed by atoms with Crippen LogP contribution >= 0.6 is 23.2 Å². The monoisotopic (exact) mass is 385 g/mol. The van der Waals surface area contributed by atoms with E-state index in [4.69, 9.17) is 28.2 Å². The molecule has 0 bridgehead atoms. The third kappa shape index (κ3) is 2.78. The van der Waals surface area contributed by atoms with Gasteiger partial charge in [0.05, 0.1) is 6.04 Å². The molecule has 2 heterocycles. The zero-order valence-electron chi connectivity index (χ0n) is 14.5. The molecule has 1 saturated carbocycles. The van der Waals surface area contributed by atoms with Gasteiger partial charge >= 0.3 is 0 Å². The van der Waals surface area contributed by atoms with Crippen LogP contribution in [0.5, 0.6) is 0 Å². The summed E-state index contributed by atoms with van der Waals surface area (Å²) in [7, 11) is 0. The number of nitrogens with zero attached hydrogens (tertiary/aromatic N) is 3. The van der Waals surface area contributed by atoms with E-state index in [0.29, 0.717) is 0 Å². The molecule has 2 aliphatic heterocycles. The van der Waals surface area contributed by atoms with E-state index in [1.54, 1.807) is 0 Å². The maximum atomic E-state index is 6.61. The van der Waals surface area contributed by atoms with Crippen LogP contribution in [0.4, 0.5) is 5.69 Å². The van der Waals surface area contributed by atoms with Gasteiger partial charge in [-0.3, -0.25) is 4.99 Å². The first kappa shape index (κ1) is 16.5. The van der Waals surface area contributed by atoms with E-state index in [2.05, 4.69) is 34.1 Å². The highest BCUT2D eigenvalue weighted by Gasteiger charge is 2.40. The zero-order chi connectivity index (χ0) is 17.7. The summed E-state index contributed by atoms with van der Waals surface area (Å²) in [5, 5.41) is 1.56. The average Bonchev–Trinajstić information content (AvgIpc) is 3.47. The Hall–Kier alpha value is -1.71. The van der Waals surface area contributed by atoms with Crippen molar-refractivity contribution in [2.24, 2.45) is 10.9 Å². The van der Waals surface area contributed by atoms with E-state index in [-0.39, 0.29) is 6.04 Å². The third-order valence-electron chi connectivity index (χ3n) is 5.53. The number of hydrogen-bond acceptors (Lipinski definition) is 3. The summed E-state index contributed by atoms with van der Waals surface area (Å²) in [6.45, 7) is 2.92. The standard InChI is InChI=1S/C21H21Cl2N3/c22-15-8-9-19-17(12-15)20(16-4-1-2-5-18(16)23)25-11-3-10-24-21(25)26(19)13-14-6-7-14/h1-2,4-5,8-9,12,14,20H,3,6-7,10-11,13H2. The largest absolute Gasteiger partial charge is 0.331 e. The second-order valence-corrected chi connectivity index (χ2v) is 8.25. The summed E-state index contributed by atoms with van der Waals surface area (Å²) in [5.74, 6) is 1.88. The van der Waals surface area contributed by atoms with Crippen LogP contribution in [0, 0.1) is 5.92 Å². The molecule has 1 fully saturated rings. The highest BCUT2D eigenvalue weighted by atomic mass is 35.5. The number of aliphatic imine (C=N–C) groups is 1. The molecule has 0 saturated heterocycles. The van der Waals surface area contributed by atoms with Gasteiger partial charge in [-0.2, -0.15) is 0 Å². The maximum absolute atomic E-state index is 6.61. The number of anilines is 1. The quantitative estimate of drug-likeness (QED) is 0.706. The van der Waals surface area contributed by atoms with E-state index in [1.165, 1.54) is 24.1 Å². The number of guanidine groups is 1. The van der Waals surface area contributed by atoms with Crippen molar-refractivity contribution < 1.29 is 0 Å². The van der Waals surface area contributed by atoms with Gasteiger partial charge in [-0.15, -0.1) is 0 Å².